The van der Waals surface area contributed by atoms with E-state index in [1.165, 1.54) is 19.2 Å². The molecule has 152 valence electrons. The summed E-state index contributed by atoms with van der Waals surface area (Å²) in [5.41, 5.74) is 2.03. The number of nitrogens with zero attached hydrogens (tertiary/aromatic N) is 4. The minimum Gasteiger partial charge on any atom is -0.442 e. The van der Waals surface area contributed by atoms with Crippen LogP contribution in [-0.4, -0.2) is 52.3 Å². The van der Waals surface area contributed by atoms with E-state index in [1.807, 2.05) is 13.1 Å². The lowest BCUT2D eigenvalue weighted by molar-refractivity contribution is 0.0805. The van der Waals surface area contributed by atoms with Crippen molar-refractivity contribution in [3.63, 3.8) is 0 Å². The Morgan fingerprint density at radius 3 is 2.90 bits per heavy atom. The number of fused-ring (bicyclic) bond motifs is 1. The zero-order chi connectivity index (χ0) is 20.2. The maximum Gasteiger partial charge on any atom is 0.258 e. The number of amides is 1. The molecule has 2 N–H and O–H groups in total. The van der Waals surface area contributed by atoms with Crippen molar-refractivity contribution in [1.29, 1.82) is 0 Å². The third kappa shape index (κ3) is 3.47. The van der Waals surface area contributed by atoms with Crippen LogP contribution in [0.5, 0.6) is 0 Å². The van der Waals surface area contributed by atoms with Gasteiger partial charge in [-0.3, -0.25) is 9.79 Å². The molecular weight excluding hydrogens is 368 g/mol. The molecule has 2 saturated carbocycles. The molecule has 8 nitrogen and oxygen atoms in total. The maximum atomic E-state index is 13.4. The number of anilines is 1. The molecule has 3 aliphatic rings. The van der Waals surface area contributed by atoms with Crippen molar-refractivity contribution in [3.05, 3.63) is 29.4 Å². The van der Waals surface area contributed by atoms with E-state index in [2.05, 4.69) is 32.5 Å². The van der Waals surface area contributed by atoms with E-state index < -0.39 is 0 Å². The number of hydrogen-bond donors (Lipinski definition) is 2. The van der Waals surface area contributed by atoms with Gasteiger partial charge in [0.2, 0.25) is 5.71 Å². The number of carbonyl (C=O) groups is 1. The molecule has 0 aromatic carbocycles. The number of aliphatic imine (C=N–C) groups is 1. The Balaban J connectivity index is 1.40. The summed E-state index contributed by atoms with van der Waals surface area (Å²) >= 11 is 0. The molecule has 5 rings (SSSR count). The quantitative estimate of drug-likeness (QED) is 0.782. The molecule has 0 bridgehead atoms. The highest BCUT2D eigenvalue weighted by atomic mass is 16.3. The number of nitrogens with one attached hydrogen (secondary N) is 2. The van der Waals surface area contributed by atoms with Gasteiger partial charge in [-0.15, -0.1) is 0 Å². The highest BCUT2D eigenvalue weighted by Crippen LogP contribution is 2.40. The van der Waals surface area contributed by atoms with Gasteiger partial charge >= 0.3 is 0 Å². The Labute approximate surface area is 169 Å². The van der Waals surface area contributed by atoms with Crippen LogP contribution >= 0.6 is 0 Å². The molecule has 0 unspecified atom stereocenters. The lowest BCUT2D eigenvalue weighted by Gasteiger charge is -2.23. The molecule has 29 heavy (non-hydrogen) atoms. The molecule has 0 spiro atoms. The second-order valence-electron chi connectivity index (χ2n) is 8.64. The van der Waals surface area contributed by atoms with Crippen molar-refractivity contribution in [1.82, 2.24) is 20.2 Å². The second kappa shape index (κ2) is 6.57. The van der Waals surface area contributed by atoms with Crippen LogP contribution in [0.25, 0.3) is 11.1 Å². The lowest BCUT2D eigenvalue weighted by atomic mass is 10.1. The Kier molecular flexibility index (Phi) is 4.11. The number of aromatic nitrogens is 2. The van der Waals surface area contributed by atoms with E-state index in [1.54, 1.807) is 11.8 Å². The van der Waals surface area contributed by atoms with Crippen LogP contribution in [-0.2, 0) is 0 Å². The van der Waals surface area contributed by atoms with Crippen molar-refractivity contribution in [2.45, 2.75) is 45.1 Å². The summed E-state index contributed by atoms with van der Waals surface area (Å²) in [7, 11) is 1.81. The van der Waals surface area contributed by atoms with Crippen LogP contribution in [0.4, 0.5) is 5.82 Å². The number of amidine groups is 1. The first-order chi connectivity index (χ1) is 13.9. The highest BCUT2D eigenvalue weighted by Gasteiger charge is 2.39. The molecule has 1 aliphatic heterocycles. The third-order valence-corrected chi connectivity index (χ3v) is 5.90. The van der Waals surface area contributed by atoms with Crippen molar-refractivity contribution in [3.8, 4) is 0 Å². The van der Waals surface area contributed by atoms with Crippen LogP contribution in [0, 0.1) is 12.8 Å². The summed E-state index contributed by atoms with van der Waals surface area (Å²) in [5.74, 6) is 2.76. The van der Waals surface area contributed by atoms with Crippen LogP contribution in [0.2, 0.25) is 0 Å². The van der Waals surface area contributed by atoms with E-state index >= 15 is 0 Å². The maximum absolute atomic E-state index is 13.4. The normalized spacial score (nSPS) is 20.0. The van der Waals surface area contributed by atoms with E-state index in [0.29, 0.717) is 47.2 Å². The molecule has 0 radical (unpaired) electrons. The number of rotatable bonds is 6. The fourth-order valence-electron chi connectivity index (χ4n) is 3.71. The van der Waals surface area contributed by atoms with E-state index in [0.717, 1.165) is 24.4 Å². The Bertz CT molecular complexity index is 1040. The van der Waals surface area contributed by atoms with Gasteiger partial charge in [0.25, 0.3) is 5.91 Å². The number of carbonyl (C=O) groups excluding carboxylic acids is 1. The molecular formula is C21H26N6O2. The predicted molar refractivity (Wildman–Crippen MR) is 111 cm³/mol. The number of aryl methyl sites for hydroxylation is 1. The van der Waals surface area contributed by atoms with Gasteiger partial charge in [0.05, 0.1) is 24.0 Å². The first-order valence-electron chi connectivity index (χ1n) is 10.2. The lowest BCUT2D eigenvalue weighted by Crippen LogP contribution is -2.37. The zero-order valence-electron chi connectivity index (χ0n) is 17.1. The first kappa shape index (κ1) is 18.1. The third-order valence-electron chi connectivity index (χ3n) is 5.90. The highest BCUT2D eigenvalue weighted by molar-refractivity contribution is 6.10. The molecule has 2 aromatic heterocycles. The molecule has 0 saturated heterocycles. The monoisotopic (exact) mass is 394 g/mol. The summed E-state index contributed by atoms with van der Waals surface area (Å²) in [6, 6.07) is 0. The van der Waals surface area contributed by atoms with Gasteiger partial charge in [-0.05, 0) is 45.6 Å². The fraction of sp³-hybridized carbons (Fsp3) is 0.524. The molecule has 2 fully saturated rings. The Morgan fingerprint density at radius 2 is 2.17 bits per heavy atom. The van der Waals surface area contributed by atoms with Crippen LogP contribution < -0.4 is 10.6 Å². The standard InChI is InChI=1S/C21H26N6O2/c1-12-15(16-18(26-21(2)7-8-21)23-11-24-19(16)29-12)20(28)27(3)10-14-6-9-22-17(25-14)13-4-5-13/h6,11,13H,4-5,7-10H2,1-3H3,(H,22,25)(H,23,24,26). The van der Waals surface area contributed by atoms with Gasteiger partial charge < -0.3 is 20.0 Å². The average molecular weight is 394 g/mol. The van der Waals surface area contributed by atoms with Gasteiger partial charge in [0.15, 0.2) is 0 Å². The topological polar surface area (TPSA) is 95.7 Å². The van der Waals surface area contributed by atoms with Crippen molar-refractivity contribution in [2.24, 2.45) is 10.9 Å². The van der Waals surface area contributed by atoms with Crippen molar-refractivity contribution < 1.29 is 9.21 Å². The van der Waals surface area contributed by atoms with E-state index in [4.69, 9.17) is 4.42 Å². The zero-order valence-corrected chi connectivity index (χ0v) is 17.1. The minimum atomic E-state index is -0.0989. The predicted octanol–water partition coefficient (Wildman–Crippen LogP) is 2.86. The number of hydrogen-bond acceptors (Lipinski definition) is 7. The Morgan fingerprint density at radius 1 is 1.38 bits per heavy atom. The minimum absolute atomic E-state index is 0.0358. The number of likely N-dealkylation sites (N-methyl/N-ethyl adjacent to an activating group) is 1. The van der Waals surface area contributed by atoms with Gasteiger partial charge in [-0.1, -0.05) is 0 Å². The van der Waals surface area contributed by atoms with E-state index in [9.17, 15) is 4.79 Å². The summed E-state index contributed by atoms with van der Waals surface area (Å²) in [4.78, 5) is 28.3. The van der Waals surface area contributed by atoms with Crippen LogP contribution in [0.15, 0.2) is 27.5 Å². The smallest absolute Gasteiger partial charge is 0.258 e. The van der Waals surface area contributed by atoms with Gasteiger partial charge in [0, 0.05) is 24.2 Å². The van der Waals surface area contributed by atoms with Gasteiger partial charge in [-0.25, -0.2) is 9.97 Å². The average Bonchev–Trinajstić information content (AvgIpc) is 3.61. The number of furan rings is 1. The molecule has 8 heteroatoms. The first-order valence-corrected chi connectivity index (χ1v) is 10.2. The largest absolute Gasteiger partial charge is 0.442 e. The van der Waals surface area contributed by atoms with Crippen LogP contribution in [0.3, 0.4) is 0 Å². The summed E-state index contributed by atoms with van der Waals surface area (Å²) in [6.07, 6.45) is 8.09. The van der Waals surface area contributed by atoms with Crippen molar-refractivity contribution in [2.75, 3.05) is 25.5 Å². The summed E-state index contributed by atoms with van der Waals surface area (Å²) in [6.45, 7) is 5.12. The molecule has 1 amide bonds. The molecule has 0 atom stereocenters. The Hall–Kier alpha value is -2.90. The fourth-order valence-corrected chi connectivity index (χ4v) is 3.71. The van der Waals surface area contributed by atoms with Crippen LogP contribution in [0.1, 0.15) is 48.7 Å². The summed E-state index contributed by atoms with van der Waals surface area (Å²) < 4.78 is 5.80. The molecule has 3 heterocycles. The second-order valence-corrected chi connectivity index (χ2v) is 8.64. The van der Waals surface area contributed by atoms with Crippen molar-refractivity contribution >= 4 is 28.7 Å². The summed E-state index contributed by atoms with van der Waals surface area (Å²) in [5, 5.41) is 7.54. The molecule has 2 aromatic rings. The van der Waals surface area contributed by atoms with Gasteiger partial charge in [-0.2, -0.15) is 0 Å². The van der Waals surface area contributed by atoms with Gasteiger partial charge in [0.1, 0.15) is 23.7 Å². The molecule has 2 aliphatic carbocycles. The SMILES string of the molecule is Cc1oc2ncnc(NC3(C)CC3)c2c1C(=O)N(C)CC1=CCN=C(C2CC2)N1. The van der Waals surface area contributed by atoms with E-state index in [-0.39, 0.29) is 11.4 Å².